The summed E-state index contributed by atoms with van der Waals surface area (Å²) in [5.41, 5.74) is 2.28. The number of rotatable bonds is 8. The van der Waals surface area contributed by atoms with Gasteiger partial charge in [-0.25, -0.2) is 0 Å². The topological polar surface area (TPSA) is 79.5 Å². The van der Waals surface area contributed by atoms with Crippen LogP contribution in [0.25, 0.3) is 0 Å². The molecule has 3 aromatic rings. The molecule has 0 spiro atoms. The number of nitrogens with zero attached hydrogens (tertiary/aromatic N) is 4. The number of hydrogen-bond donors (Lipinski definition) is 0. The van der Waals surface area contributed by atoms with Crippen molar-refractivity contribution in [3.63, 3.8) is 0 Å². The largest absolute Gasteiger partial charge is 0.339 e. The molecular formula is C25H28N4O3. The van der Waals surface area contributed by atoms with Crippen LogP contribution in [-0.4, -0.2) is 50.9 Å². The maximum absolute atomic E-state index is 13.4. The highest BCUT2D eigenvalue weighted by Gasteiger charge is 2.38. The molecule has 1 aliphatic rings. The minimum Gasteiger partial charge on any atom is -0.339 e. The highest BCUT2D eigenvalue weighted by atomic mass is 16.5. The molecule has 32 heavy (non-hydrogen) atoms. The second-order valence-electron chi connectivity index (χ2n) is 8.13. The summed E-state index contributed by atoms with van der Waals surface area (Å²) in [6.45, 7) is 3.27. The average molecular weight is 433 g/mol. The molecule has 2 heterocycles. The first-order valence-corrected chi connectivity index (χ1v) is 11.1. The third-order valence-corrected chi connectivity index (χ3v) is 5.76. The van der Waals surface area contributed by atoms with E-state index in [1.807, 2.05) is 53.4 Å². The first-order valence-electron chi connectivity index (χ1n) is 11.1. The van der Waals surface area contributed by atoms with Crippen LogP contribution in [0.3, 0.4) is 0 Å². The van der Waals surface area contributed by atoms with Crippen LogP contribution >= 0.6 is 0 Å². The Kier molecular flexibility index (Phi) is 6.94. The van der Waals surface area contributed by atoms with E-state index in [0.717, 1.165) is 18.4 Å². The molecule has 1 aromatic heterocycles. The second kappa shape index (κ2) is 10.2. The van der Waals surface area contributed by atoms with Gasteiger partial charge < -0.3 is 14.3 Å². The van der Waals surface area contributed by atoms with Gasteiger partial charge in [-0.15, -0.1) is 0 Å². The molecule has 1 atom stereocenters. The zero-order chi connectivity index (χ0) is 22.3. The van der Waals surface area contributed by atoms with Gasteiger partial charge >= 0.3 is 0 Å². The molecule has 4 rings (SSSR count). The molecule has 7 heteroatoms. The number of carbonyl (C=O) groups is 2. The van der Waals surface area contributed by atoms with Gasteiger partial charge in [0.25, 0.3) is 0 Å². The molecule has 2 aromatic carbocycles. The van der Waals surface area contributed by atoms with Crippen LogP contribution < -0.4 is 0 Å². The zero-order valence-electron chi connectivity index (χ0n) is 18.3. The lowest BCUT2D eigenvalue weighted by atomic mass is 10.0. The molecule has 0 aliphatic carbocycles. The highest BCUT2D eigenvalue weighted by molar-refractivity contribution is 5.89. The SMILES string of the molecule is Cc1noc(CC2C(=O)N(Cc3ccccc3)CCN2C(=O)CCCc2ccccc2)n1. The van der Waals surface area contributed by atoms with Crippen LogP contribution in [0.1, 0.15) is 35.7 Å². The fraction of sp³-hybridized carbons (Fsp3) is 0.360. The third kappa shape index (κ3) is 5.41. The minimum absolute atomic E-state index is 0.00474. The number of amides is 2. The molecule has 0 N–H and O–H groups in total. The smallest absolute Gasteiger partial charge is 0.246 e. The van der Waals surface area contributed by atoms with Gasteiger partial charge in [0.2, 0.25) is 17.7 Å². The first-order chi connectivity index (χ1) is 15.6. The lowest BCUT2D eigenvalue weighted by molar-refractivity contribution is -0.152. The summed E-state index contributed by atoms with van der Waals surface area (Å²) >= 11 is 0. The van der Waals surface area contributed by atoms with Crippen molar-refractivity contribution in [2.75, 3.05) is 13.1 Å². The van der Waals surface area contributed by atoms with Gasteiger partial charge in [-0.05, 0) is 30.9 Å². The zero-order valence-corrected chi connectivity index (χ0v) is 18.3. The van der Waals surface area contributed by atoms with Crippen molar-refractivity contribution in [1.82, 2.24) is 19.9 Å². The van der Waals surface area contributed by atoms with Gasteiger partial charge in [-0.2, -0.15) is 4.98 Å². The second-order valence-corrected chi connectivity index (χ2v) is 8.13. The molecule has 1 fully saturated rings. The number of aromatic nitrogens is 2. The average Bonchev–Trinajstić information content (AvgIpc) is 3.22. The maximum atomic E-state index is 13.4. The van der Waals surface area contributed by atoms with Gasteiger partial charge in [-0.1, -0.05) is 65.8 Å². The Hall–Kier alpha value is -3.48. The summed E-state index contributed by atoms with van der Waals surface area (Å²) in [7, 11) is 0. The summed E-state index contributed by atoms with van der Waals surface area (Å²) in [6, 6.07) is 19.4. The van der Waals surface area contributed by atoms with Gasteiger partial charge in [0.15, 0.2) is 5.82 Å². The van der Waals surface area contributed by atoms with E-state index in [0.29, 0.717) is 37.8 Å². The lowest BCUT2D eigenvalue weighted by Crippen LogP contribution is -2.59. The van der Waals surface area contributed by atoms with Crippen LogP contribution in [0.15, 0.2) is 65.2 Å². The van der Waals surface area contributed by atoms with E-state index in [9.17, 15) is 9.59 Å². The Balaban J connectivity index is 1.44. The van der Waals surface area contributed by atoms with Crippen molar-refractivity contribution in [3.8, 4) is 0 Å². The standard InChI is InChI=1S/C25H28N4O3/c1-19-26-23(32-27-19)17-22-25(31)28(18-21-11-6-3-7-12-21)15-16-29(22)24(30)14-8-13-20-9-4-2-5-10-20/h2-7,9-12,22H,8,13-18H2,1H3. The Labute approximate surface area is 188 Å². The summed E-state index contributed by atoms with van der Waals surface area (Å²) < 4.78 is 5.27. The molecule has 166 valence electrons. The number of piperazine rings is 1. The van der Waals surface area contributed by atoms with Crippen molar-refractivity contribution in [1.29, 1.82) is 0 Å². The van der Waals surface area contributed by atoms with Crippen molar-refractivity contribution in [2.24, 2.45) is 0 Å². The molecule has 0 bridgehead atoms. The first kappa shape index (κ1) is 21.7. The van der Waals surface area contributed by atoms with Crippen molar-refractivity contribution < 1.29 is 14.1 Å². The van der Waals surface area contributed by atoms with E-state index >= 15 is 0 Å². The lowest BCUT2D eigenvalue weighted by Gasteiger charge is -2.40. The predicted molar refractivity (Wildman–Crippen MR) is 119 cm³/mol. The van der Waals surface area contributed by atoms with Gasteiger partial charge in [0.1, 0.15) is 6.04 Å². The summed E-state index contributed by atoms with van der Waals surface area (Å²) in [5.74, 6) is 0.817. The fourth-order valence-electron chi connectivity index (χ4n) is 4.12. The van der Waals surface area contributed by atoms with E-state index in [4.69, 9.17) is 4.52 Å². The molecule has 7 nitrogen and oxygen atoms in total. The van der Waals surface area contributed by atoms with Crippen molar-refractivity contribution >= 4 is 11.8 Å². The summed E-state index contributed by atoms with van der Waals surface area (Å²) in [6.07, 6.45) is 2.21. The van der Waals surface area contributed by atoms with Crippen LogP contribution in [0, 0.1) is 6.92 Å². The number of carbonyl (C=O) groups excluding carboxylic acids is 2. The number of hydrogen-bond acceptors (Lipinski definition) is 5. The molecule has 1 unspecified atom stereocenters. The van der Waals surface area contributed by atoms with Gasteiger partial charge in [0.05, 0.1) is 6.42 Å². The summed E-state index contributed by atoms with van der Waals surface area (Å²) in [5, 5.41) is 3.83. The normalized spacial score (nSPS) is 16.4. The third-order valence-electron chi connectivity index (χ3n) is 5.76. The molecule has 0 saturated carbocycles. The summed E-state index contributed by atoms with van der Waals surface area (Å²) in [4.78, 5) is 34.3. The highest BCUT2D eigenvalue weighted by Crippen LogP contribution is 2.20. The van der Waals surface area contributed by atoms with Crippen LogP contribution in [0.2, 0.25) is 0 Å². The maximum Gasteiger partial charge on any atom is 0.246 e. The van der Waals surface area contributed by atoms with E-state index < -0.39 is 6.04 Å². The Morgan fingerprint density at radius 1 is 1.03 bits per heavy atom. The van der Waals surface area contributed by atoms with E-state index in [1.54, 1.807) is 11.8 Å². The van der Waals surface area contributed by atoms with E-state index in [1.165, 1.54) is 5.56 Å². The van der Waals surface area contributed by atoms with Gasteiger partial charge in [0, 0.05) is 26.1 Å². The van der Waals surface area contributed by atoms with Crippen molar-refractivity contribution in [3.05, 3.63) is 83.5 Å². The van der Waals surface area contributed by atoms with Gasteiger partial charge in [-0.3, -0.25) is 9.59 Å². The Morgan fingerprint density at radius 3 is 2.38 bits per heavy atom. The molecule has 1 aliphatic heterocycles. The van der Waals surface area contributed by atoms with E-state index in [2.05, 4.69) is 22.3 Å². The quantitative estimate of drug-likeness (QED) is 0.546. The fourth-order valence-corrected chi connectivity index (χ4v) is 4.12. The number of aryl methyl sites for hydroxylation is 2. The monoisotopic (exact) mass is 432 g/mol. The van der Waals surface area contributed by atoms with E-state index in [-0.39, 0.29) is 18.2 Å². The molecule has 1 saturated heterocycles. The Morgan fingerprint density at radius 2 is 1.72 bits per heavy atom. The number of benzene rings is 2. The van der Waals surface area contributed by atoms with Crippen LogP contribution in [-0.2, 0) is 29.0 Å². The molecular weight excluding hydrogens is 404 g/mol. The van der Waals surface area contributed by atoms with Crippen LogP contribution in [0.4, 0.5) is 0 Å². The minimum atomic E-state index is -0.628. The van der Waals surface area contributed by atoms with Crippen molar-refractivity contribution in [2.45, 2.75) is 45.2 Å². The Bertz CT molecular complexity index is 1040. The molecule has 2 amide bonds. The predicted octanol–water partition coefficient (Wildman–Crippen LogP) is 3.18. The molecule has 0 radical (unpaired) electrons. The van der Waals surface area contributed by atoms with Crippen LogP contribution in [0.5, 0.6) is 0 Å².